The first kappa shape index (κ1) is 24.8. The molecular formula is C28H36N4O3. The molecule has 1 aliphatic rings. The number of aromatic amines is 1. The molecule has 1 N–H and O–H groups in total. The third kappa shape index (κ3) is 5.05. The summed E-state index contributed by atoms with van der Waals surface area (Å²) in [6, 6.07) is 12.3. The molecule has 4 rings (SSSR count). The molecule has 1 atom stereocenters. The highest BCUT2D eigenvalue weighted by Crippen LogP contribution is 2.41. The molecule has 1 amide bonds. The number of H-pyrrole nitrogens is 1. The zero-order chi connectivity index (χ0) is 24.9. The van der Waals surface area contributed by atoms with Crippen LogP contribution in [0.15, 0.2) is 42.7 Å². The van der Waals surface area contributed by atoms with Gasteiger partial charge in [-0.2, -0.15) is 0 Å². The van der Waals surface area contributed by atoms with Gasteiger partial charge in [0, 0.05) is 37.4 Å². The van der Waals surface area contributed by atoms with E-state index in [9.17, 15) is 4.79 Å². The second-order valence-corrected chi connectivity index (χ2v) is 8.83. The van der Waals surface area contributed by atoms with Crippen LogP contribution in [0.1, 0.15) is 65.2 Å². The Hall–Kier alpha value is -3.32. The van der Waals surface area contributed by atoms with E-state index in [0.717, 1.165) is 48.0 Å². The van der Waals surface area contributed by atoms with Gasteiger partial charge in [0.1, 0.15) is 0 Å². The van der Waals surface area contributed by atoms with Crippen LogP contribution in [0, 0.1) is 6.92 Å². The number of ether oxygens (including phenoxy) is 2. The van der Waals surface area contributed by atoms with Gasteiger partial charge in [0.25, 0.3) is 5.91 Å². The Morgan fingerprint density at radius 2 is 1.89 bits per heavy atom. The normalized spacial score (nSPS) is 15.5. The summed E-state index contributed by atoms with van der Waals surface area (Å²) in [6.45, 7) is 11.6. The van der Waals surface area contributed by atoms with Crippen LogP contribution < -0.4 is 9.47 Å². The van der Waals surface area contributed by atoms with E-state index < -0.39 is 0 Å². The number of amides is 1. The molecule has 0 saturated heterocycles. The molecule has 1 aromatic heterocycles. The van der Waals surface area contributed by atoms with E-state index in [1.165, 1.54) is 11.1 Å². The molecule has 3 aromatic rings. The number of nitrogens with one attached hydrogen (secondary N) is 1. The third-order valence-corrected chi connectivity index (χ3v) is 6.86. The van der Waals surface area contributed by atoms with Gasteiger partial charge in [0.05, 0.1) is 31.8 Å². The Morgan fingerprint density at radius 3 is 2.49 bits per heavy atom. The number of nitrogens with zero attached hydrogens (tertiary/aromatic N) is 3. The quantitative estimate of drug-likeness (QED) is 0.482. The predicted molar refractivity (Wildman–Crippen MR) is 137 cm³/mol. The highest BCUT2D eigenvalue weighted by atomic mass is 16.5. The molecule has 0 bridgehead atoms. The molecule has 2 heterocycles. The first-order chi connectivity index (χ1) is 17.0. The number of aromatic nitrogens is 2. The molecule has 0 radical (unpaired) electrons. The minimum absolute atomic E-state index is 0.0116. The minimum Gasteiger partial charge on any atom is -0.493 e. The van der Waals surface area contributed by atoms with Gasteiger partial charge in [-0.1, -0.05) is 12.1 Å². The topological polar surface area (TPSA) is 70.7 Å². The number of benzene rings is 2. The van der Waals surface area contributed by atoms with Crippen molar-refractivity contribution in [1.82, 2.24) is 19.8 Å². The molecule has 1 unspecified atom stereocenters. The smallest absolute Gasteiger partial charge is 0.253 e. The van der Waals surface area contributed by atoms with Crippen molar-refractivity contribution in [2.24, 2.45) is 0 Å². The number of methoxy groups -OCH3 is 1. The van der Waals surface area contributed by atoms with E-state index in [1.54, 1.807) is 13.4 Å². The lowest BCUT2D eigenvalue weighted by atomic mass is 9.87. The standard InChI is InChI=1S/C28H36N4O3/c1-6-31(7-2)28(33)21-11-9-20(10-12-21)27-23-16-26(35-8-3)25(34-5)15-22(23)13-14-32(27)17-24-19(4)29-18-30-24/h9-12,15-16,18,27H,6-8,13-14,17H2,1-5H3,(H,29,30). The van der Waals surface area contributed by atoms with Crippen LogP contribution >= 0.6 is 0 Å². The number of fused-ring (bicyclic) bond motifs is 1. The van der Waals surface area contributed by atoms with E-state index in [1.807, 2.05) is 37.8 Å². The van der Waals surface area contributed by atoms with Crippen LogP contribution in [-0.2, 0) is 13.0 Å². The summed E-state index contributed by atoms with van der Waals surface area (Å²) in [5, 5.41) is 0. The summed E-state index contributed by atoms with van der Waals surface area (Å²) in [5.74, 6) is 1.59. The molecule has 0 fully saturated rings. The zero-order valence-corrected chi connectivity index (χ0v) is 21.4. The number of aryl methyl sites for hydroxylation is 1. The summed E-state index contributed by atoms with van der Waals surface area (Å²) in [6.07, 6.45) is 2.67. The maximum Gasteiger partial charge on any atom is 0.253 e. The van der Waals surface area contributed by atoms with Crippen molar-refractivity contribution in [3.05, 3.63) is 76.4 Å². The van der Waals surface area contributed by atoms with Crippen LogP contribution in [-0.4, -0.2) is 59.0 Å². The molecule has 7 heteroatoms. The highest BCUT2D eigenvalue weighted by Gasteiger charge is 2.31. The number of carbonyl (C=O) groups is 1. The molecule has 0 aliphatic carbocycles. The molecule has 0 saturated carbocycles. The zero-order valence-electron chi connectivity index (χ0n) is 21.4. The van der Waals surface area contributed by atoms with Gasteiger partial charge in [-0.3, -0.25) is 9.69 Å². The number of rotatable bonds is 9. The van der Waals surface area contributed by atoms with Gasteiger partial charge in [-0.05, 0) is 75.1 Å². The summed E-state index contributed by atoms with van der Waals surface area (Å²) in [7, 11) is 1.68. The number of hydrogen-bond donors (Lipinski definition) is 1. The van der Waals surface area contributed by atoms with E-state index in [4.69, 9.17) is 9.47 Å². The van der Waals surface area contributed by atoms with Gasteiger partial charge >= 0.3 is 0 Å². The van der Waals surface area contributed by atoms with Gasteiger partial charge < -0.3 is 19.4 Å². The summed E-state index contributed by atoms with van der Waals surface area (Å²) >= 11 is 0. The van der Waals surface area contributed by atoms with E-state index >= 15 is 0 Å². The fraction of sp³-hybridized carbons (Fsp3) is 0.429. The molecular weight excluding hydrogens is 440 g/mol. The van der Waals surface area contributed by atoms with Crippen molar-refractivity contribution in [1.29, 1.82) is 0 Å². The fourth-order valence-corrected chi connectivity index (χ4v) is 4.91. The van der Waals surface area contributed by atoms with Gasteiger partial charge in [-0.25, -0.2) is 4.98 Å². The Bertz CT molecular complexity index is 1150. The molecule has 2 aromatic carbocycles. The van der Waals surface area contributed by atoms with E-state index in [-0.39, 0.29) is 11.9 Å². The van der Waals surface area contributed by atoms with Crippen molar-refractivity contribution in [2.45, 2.75) is 46.7 Å². The van der Waals surface area contributed by atoms with Crippen molar-refractivity contribution >= 4 is 5.91 Å². The van der Waals surface area contributed by atoms with E-state index in [2.05, 4.69) is 46.1 Å². The van der Waals surface area contributed by atoms with Crippen molar-refractivity contribution in [3.8, 4) is 11.5 Å². The Balaban J connectivity index is 1.76. The lowest BCUT2D eigenvalue weighted by Gasteiger charge is -2.38. The second-order valence-electron chi connectivity index (χ2n) is 8.83. The molecule has 1 aliphatic heterocycles. The molecule has 7 nitrogen and oxygen atoms in total. The van der Waals surface area contributed by atoms with Gasteiger partial charge in [-0.15, -0.1) is 0 Å². The number of hydrogen-bond acceptors (Lipinski definition) is 5. The lowest BCUT2D eigenvalue weighted by molar-refractivity contribution is 0.0773. The molecule has 186 valence electrons. The average molecular weight is 477 g/mol. The van der Waals surface area contributed by atoms with Crippen LogP contribution in [0.3, 0.4) is 0 Å². The Kier molecular flexibility index (Phi) is 7.76. The molecule has 0 spiro atoms. The van der Waals surface area contributed by atoms with Crippen LogP contribution in [0.25, 0.3) is 0 Å². The number of imidazole rings is 1. The maximum atomic E-state index is 12.9. The molecule has 35 heavy (non-hydrogen) atoms. The first-order valence-electron chi connectivity index (χ1n) is 12.5. The predicted octanol–water partition coefficient (Wildman–Crippen LogP) is 4.76. The second kappa shape index (κ2) is 11.0. The van der Waals surface area contributed by atoms with Crippen molar-refractivity contribution in [3.63, 3.8) is 0 Å². The average Bonchev–Trinajstić information content (AvgIpc) is 3.28. The highest BCUT2D eigenvalue weighted by molar-refractivity contribution is 5.94. The van der Waals surface area contributed by atoms with E-state index in [0.29, 0.717) is 25.3 Å². The monoisotopic (exact) mass is 476 g/mol. The number of carbonyl (C=O) groups excluding carboxylic acids is 1. The summed E-state index contributed by atoms with van der Waals surface area (Å²) < 4.78 is 11.6. The lowest BCUT2D eigenvalue weighted by Crippen LogP contribution is -2.36. The minimum atomic E-state index is 0.0116. The van der Waals surface area contributed by atoms with Crippen LogP contribution in [0.4, 0.5) is 0 Å². The van der Waals surface area contributed by atoms with Crippen LogP contribution in [0.5, 0.6) is 11.5 Å². The van der Waals surface area contributed by atoms with Crippen LogP contribution in [0.2, 0.25) is 0 Å². The third-order valence-electron chi connectivity index (χ3n) is 6.86. The summed E-state index contributed by atoms with van der Waals surface area (Å²) in [5.41, 5.74) is 6.45. The first-order valence-corrected chi connectivity index (χ1v) is 12.5. The Labute approximate surface area is 208 Å². The fourth-order valence-electron chi connectivity index (χ4n) is 4.91. The largest absolute Gasteiger partial charge is 0.493 e. The van der Waals surface area contributed by atoms with Gasteiger partial charge in [0.2, 0.25) is 0 Å². The van der Waals surface area contributed by atoms with Crippen molar-refractivity contribution in [2.75, 3.05) is 33.4 Å². The van der Waals surface area contributed by atoms with Crippen molar-refractivity contribution < 1.29 is 14.3 Å². The SMILES string of the molecule is CCOc1cc2c(cc1OC)CCN(Cc1nc[nH]c1C)C2c1ccc(C(=O)N(CC)CC)cc1. The van der Waals surface area contributed by atoms with Gasteiger partial charge in [0.15, 0.2) is 11.5 Å². The maximum absolute atomic E-state index is 12.9. The Morgan fingerprint density at radius 1 is 1.14 bits per heavy atom. The summed E-state index contributed by atoms with van der Waals surface area (Å²) in [4.78, 5) is 24.9.